The van der Waals surface area contributed by atoms with Crippen molar-refractivity contribution in [1.82, 2.24) is 14.9 Å². The van der Waals surface area contributed by atoms with Crippen LogP contribution in [0.4, 0.5) is 0 Å². The summed E-state index contributed by atoms with van der Waals surface area (Å²) in [5.74, 6) is -0.104. The number of hydrogen-bond acceptors (Lipinski definition) is 5. The molecule has 0 aromatic rings. The summed E-state index contributed by atoms with van der Waals surface area (Å²) in [4.78, 5) is 14.6. The minimum absolute atomic E-state index is 0.0599. The van der Waals surface area contributed by atoms with Crippen molar-refractivity contribution in [1.29, 1.82) is 5.26 Å². The standard InChI is InChI=1S/C16H28N4O3S/c1-13(15(21)18-16(12-17)8-4-3-5-9-16)20-10-6-14(7-11-20)19-24(2,22)23/h13-14,19H,3-11H2,1-2H3,(H,18,21). The van der Waals surface area contributed by atoms with Crippen molar-refractivity contribution in [3.05, 3.63) is 0 Å². The van der Waals surface area contributed by atoms with E-state index in [2.05, 4.69) is 21.0 Å². The Bertz CT molecular complexity index is 585. The quantitative estimate of drug-likeness (QED) is 0.756. The average molecular weight is 356 g/mol. The predicted molar refractivity (Wildman–Crippen MR) is 91.6 cm³/mol. The Balaban J connectivity index is 1.87. The van der Waals surface area contributed by atoms with E-state index in [1.54, 1.807) is 0 Å². The molecule has 24 heavy (non-hydrogen) atoms. The second-order valence-electron chi connectivity index (χ2n) is 7.12. The highest BCUT2D eigenvalue weighted by Gasteiger charge is 2.36. The highest BCUT2D eigenvalue weighted by molar-refractivity contribution is 7.88. The molecule has 0 aromatic carbocycles. The number of nitrogens with one attached hydrogen (secondary N) is 2. The lowest BCUT2D eigenvalue weighted by Gasteiger charge is -2.38. The Morgan fingerprint density at radius 2 is 1.83 bits per heavy atom. The van der Waals surface area contributed by atoms with E-state index in [-0.39, 0.29) is 18.0 Å². The van der Waals surface area contributed by atoms with E-state index in [1.165, 1.54) is 6.26 Å². The van der Waals surface area contributed by atoms with Gasteiger partial charge >= 0.3 is 0 Å². The van der Waals surface area contributed by atoms with Crippen LogP contribution in [0.2, 0.25) is 0 Å². The van der Waals surface area contributed by atoms with Crippen LogP contribution in [-0.2, 0) is 14.8 Å². The maximum atomic E-state index is 12.6. The highest BCUT2D eigenvalue weighted by atomic mass is 32.2. The molecular formula is C16H28N4O3S. The van der Waals surface area contributed by atoms with Crippen LogP contribution < -0.4 is 10.0 Å². The second-order valence-corrected chi connectivity index (χ2v) is 8.90. The lowest BCUT2D eigenvalue weighted by atomic mass is 9.82. The molecule has 2 N–H and O–H groups in total. The monoisotopic (exact) mass is 356 g/mol. The number of rotatable bonds is 5. The van der Waals surface area contributed by atoms with Crippen LogP contribution in [0.3, 0.4) is 0 Å². The molecule has 2 fully saturated rings. The number of hydrogen-bond donors (Lipinski definition) is 2. The van der Waals surface area contributed by atoms with Crippen LogP contribution in [-0.4, -0.2) is 56.2 Å². The van der Waals surface area contributed by atoms with E-state index in [0.717, 1.165) is 32.1 Å². The van der Waals surface area contributed by atoms with Gasteiger partial charge in [0, 0.05) is 19.1 Å². The third kappa shape index (κ3) is 5.16. The Kier molecular flexibility index (Phi) is 6.23. The molecule has 0 radical (unpaired) electrons. The van der Waals surface area contributed by atoms with Gasteiger partial charge < -0.3 is 5.32 Å². The summed E-state index contributed by atoms with van der Waals surface area (Å²) < 4.78 is 25.2. The van der Waals surface area contributed by atoms with Crippen LogP contribution in [0, 0.1) is 11.3 Å². The van der Waals surface area contributed by atoms with Crippen molar-refractivity contribution in [3.8, 4) is 6.07 Å². The third-order valence-corrected chi connectivity index (χ3v) is 5.88. The van der Waals surface area contributed by atoms with Gasteiger partial charge in [-0.1, -0.05) is 19.3 Å². The van der Waals surface area contributed by atoms with Gasteiger partial charge in [-0.25, -0.2) is 13.1 Å². The zero-order valence-electron chi connectivity index (χ0n) is 14.5. The molecule has 1 aliphatic carbocycles. The molecule has 2 rings (SSSR count). The fraction of sp³-hybridized carbons (Fsp3) is 0.875. The van der Waals surface area contributed by atoms with Gasteiger partial charge in [-0.2, -0.15) is 5.26 Å². The molecule has 1 saturated heterocycles. The fourth-order valence-corrected chi connectivity index (χ4v) is 4.47. The molecule has 7 nitrogen and oxygen atoms in total. The van der Waals surface area contributed by atoms with Gasteiger partial charge in [0.15, 0.2) is 0 Å². The molecule has 1 amide bonds. The van der Waals surface area contributed by atoms with Gasteiger partial charge in [0.25, 0.3) is 0 Å². The lowest BCUT2D eigenvalue weighted by Crippen LogP contribution is -2.56. The maximum absolute atomic E-state index is 12.6. The van der Waals surface area contributed by atoms with Crippen molar-refractivity contribution < 1.29 is 13.2 Å². The van der Waals surface area contributed by atoms with Crippen LogP contribution in [0.5, 0.6) is 0 Å². The van der Waals surface area contributed by atoms with Crippen molar-refractivity contribution in [2.75, 3.05) is 19.3 Å². The van der Waals surface area contributed by atoms with E-state index in [1.807, 2.05) is 6.92 Å². The first-order chi connectivity index (χ1) is 11.2. The first-order valence-corrected chi connectivity index (χ1v) is 10.6. The molecule has 1 aliphatic heterocycles. The number of sulfonamides is 1. The average Bonchev–Trinajstić information content (AvgIpc) is 2.54. The van der Waals surface area contributed by atoms with Gasteiger partial charge in [-0.3, -0.25) is 9.69 Å². The second kappa shape index (κ2) is 7.81. The molecule has 1 atom stereocenters. The van der Waals surface area contributed by atoms with E-state index in [0.29, 0.717) is 25.9 Å². The largest absolute Gasteiger partial charge is 0.336 e. The van der Waals surface area contributed by atoms with E-state index in [4.69, 9.17) is 0 Å². The fourth-order valence-electron chi connectivity index (χ4n) is 3.63. The normalized spacial score (nSPS) is 24.0. The van der Waals surface area contributed by atoms with Gasteiger partial charge in [0.2, 0.25) is 15.9 Å². The van der Waals surface area contributed by atoms with Gasteiger partial charge in [-0.05, 0) is 32.6 Å². The minimum Gasteiger partial charge on any atom is -0.336 e. The summed E-state index contributed by atoms with van der Waals surface area (Å²) in [6.07, 6.45) is 7.07. The van der Waals surface area contributed by atoms with Crippen LogP contribution in [0.1, 0.15) is 51.9 Å². The topological polar surface area (TPSA) is 102 Å². The summed E-state index contributed by atoms with van der Waals surface area (Å²) in [7, 11) is -3.19. The van der Waals surface area contributed by atoms with Gasteiger partial charge in [-0.15, -0.1) is 0 Å². The van der Waals surface area contributed by atoms with Crippen molar-refractivity contribution in [2.24, 2.45) is 0 Å². The number of nitriles is 1. The number of nitrogens with zero attached hydrogens (tertiary/aromatic N) is 2. The Morgan fingerprint density at radius 3 is 2.33 bits per heavy atom. The Morgan fingerprint density at radius 1 is 1.25 bits per heavy atom. The summed E-state index contributed by atoms with van der Waals surface area (Å²) in [5.41, 5.74) is -0.709. The number of piperidine rings is 1. The Labute approximate surface area is 144 Å². The number of carbonyl (C=O) groups excluding carboxylic acids is 1. The van der Waals surface area contributed by atoms with Crippen LogP contribution >= 0.6 is 0 Å². The van der Waals surface area contributed by atoms with Crippen molar-refractivity contribution in [2.45, 2.75) is 69.5 Å². The van der Waals surface area contributed by atoms with E-state index >= 15 is 0 Å². The van der Waals surface area contributed by atoms with Crippen molar-refractivity contribution >= 4 is 15.9 Å². The molecular weight excluding hydrogens is 328 g/mol. The molecule has 0 bridgehead atoms. The zero-order chi connectivity index (χ0) is 17.8. The number of carbonyl (C=O) groups is 1. The summed E-state index contributed by atoms with van der Waals surface area (Å²) in [5, 5.41) is 12.5. The highest BCUT2D eigenvalue weighted by Crippen LogP contribution is 2.28. The van der Waals surface area contributed by atoms with E-state index < -0.39 is 15.6 Å². The summed E-state index contributed by atoms with van der Waals surface area (Å²) in [6, 6.07) is 1.94. The first kappa shape index (κ1) is 19.2. The zero-order valence-corrected chi connectivity index (χ0v) is 15.4. The molecule has 1 unspecified atom stereocenters. The summed E-state index contributed by atoms with van der Waals surface area (Å²) >= 11 is 0. The molecule has 136 valence electrons. The molecule has 1 saturated carbocycles. The maximum Gasteiger partial charge on any atom is 0.238 e. The third-order valence-electron chi connectivity index (χ3n) is 5.12. The predicted octanol–water partition coefficient (Wildman–Crippen LogP) is 0.731. The number of likely N-dealkylation sites (tertiary alicyclic amines) is 1. The van der Waals surface area contributed by atoms with Crippen molar-refractivity contribution in [3.63, 3.8) is 0 Å². The molecule has 0 spiro atoms. The molecule has 8 heteroatoms. The molecule has 0 aromatic heterocycles. The van der Waals surface area contributed by atoms with E-state index in [9.17, 15) is 18.5 Å². The first-order valence-electron chi connectivity index (χ1n) is 8.69. The minimum atomic E-state index is -3.19. The summed E-state index contributed by atoms with van der Waals surface area (Å²) in [6.45, 7) is 3.19. The lowest BCUT2D eigenvalue weighted by molar-refractivity contribution is -0.128. The van der Waals surface area contributed by atoms with Crippen LogP contribution in [0.15, 0.2) is 0 Å². The molecule has 2 aliphatic rings. The smallest absolute Gasteiger partial charge is 0.238 e. The van der Waals surface area contributed by atoms with Crippen LogP contribution in [0.25, 0.3) is 0 Å². The number of amides is 1. The Hall–Kier alpha value is -1.17. The van der Waals surface area contributed by atoms with Gasteiger partial charge in [0.1, 0.15) is 5.54 Å². The van der Waals surface area contributed by atoms with Gasteiger partial charge in [0.05, 0.1) is 18.4 Å². The SMILES string of the molecule is CC(C(=O)NC1(C#N)CCCCC1)N1CCC(NS(C)(=O)=O)CC1. The molecule has 1 heterocycles.